The molecule has 0 fully saturated rings. The summed E-state index contributed by atoms with van der Waals surface area (Å²) in [4.78, 5) is 0. The van der Waals surface area contributed by atoms with Gasteiger partial charge in [-0.1, -0.05) is 20.8 Å². The summed E-state index contributed by atoms with van der Waals surface area (Å²) in [5, 5.41) is 13.9. The molecule has 16 heavy (non-hydrogen) atoms. The summed E-state index contributed by atoms with van der Waals surface area (Å²) in [5.74, 6) is 0. The Hall–Kier alpha value is -0.870. The zero-order valence-electron chi connectivity index (χ0n) is 10.9. The van der Waals surface area contributed by atoms with Crippen molar-refractivity contribution in [3.8, 4) is 0 Å². The van der Waals surface area contributed by atoms with E-state index in [9.17, 15) is 5.11 Å². The topological polar surface area (TPSA) is 64.1 Å². The first-order valence-corrected chi connectivity index (χ1v) is 5.66. The summed E-state index contributed by atoms with van der Waals surface area (Å²) >= 11 is 0. The maximum Gasteiger partial charge on any atom is 0.0908 e. The van der Waals surface area contributed by atoms with Crippen LogP contribution in [0.25, 0.3) is 0 Å². The second-order valence-electron chi connectivity index (χ2n) is 5.51. The number of hydrogen-bond donors (Lipinski definition) is 2. The fourth-order valence-corrected chi connectivity index (χ4v) is 1.90. The number of aliphatic hydroxyl groups excluding tert-OH is 1. The highest BCUT2D eigenvalue weighted by Crippen LogP contribution is 2.27. The van der Waals surface area contributed by atoms with Gasteiger partial charge in [-0.2, -0.15) is 5.10 Å². The van der Waals surface area contributed by atoms with E-state index in [-0.39, 0.29) is 24.1 Å². The number of aryl methyl sites for hydroxylation is 2. The summed E-state index contributed by atoms with van der Waals surface area (Å²) in [5.41, 5.74) is 8.13. The molecule has 1 rings (SSSR count). The largest absolute Gasteiger partial charge is 0.394 e. The van der Waals surface area contributed by atoms with Gasteiger partial charge >= 0.3 is 0 Å². The Balaban J connectivity index is 3.03. The third-order valence-corrected chi connectivity index (χ3v) is 2.96. The molecule has 4 heteroatoms. The Bertz CT molecular complexity index is 352. The van der Waals surface area contributed by atoms with E-state index in [1.807, 2.05) is 24.6 Å². The van der Waals surface area contributed by atoms with Gasteiger partial charge in [-0.25, -0.2) is 0 Å². The minimum atomic E-state index is -0.159. The Morgan fingerprint density at radius 3 is 2.31 bits per heavy atom. The zero-order chi connectivity index (χ0) is 12.5. The lowest BCUT2D eigenvalue weighted by Gasteiger charge is -2.33. The normalized spacial score (nSPS) is 16.2. The van der Waals surface area contributed by atoms with Crippen LogP contribution < -0.4 is 5.73 Å². The first-order chi connectivity index (χ1) is 7.27. The molecule has 92 valence electrons. The van der Waals surface area contributed by atoms with E-state index in [1.54, 1.807) is 0 Å². The van der Waals surface area contributed by atoms with Gasteiger partial charge in [0, 0.05) is 11.7 Å². The molecular weight excluding hydrogens is 202 g/mol. The van der Waals surface area contributed by atoms with Crippen LogP contribution in [-0.2, 0) is 0 Å². The third kappa shape index (κ3) is 2.62. The zero-order valence-corrected chi connectivity index (χ0v) is 10.9. The molecule has 0 aliphatic carbocycles. The number of nitrogens with zero attached hydrogens (tertiary/aromatic N) is 2. The van der Waals surface area contributed by atoms with Crippen molar-refractivity contribution in [2.45, 2.75) is 46.7 Å². The monoisotopic (exact) mass is 225 g/mol. The second-order valence-corrected chi connectivity index (χ2v) is 5.51. The molecule has 1 aromatic rings. The van der Waals surface area contributed by atoms with Crippen molar-refractivity contribution < 1.29 is 5.11 Å². The van der Waals surface area contributed by atoms with Crippen molar-refractivity contribution in [1.82, 2.24) is 9.78 Å². The summed E-state index contributed by atoms with van der Waals surface area (Å²) in [6, 6.07) is 1.71. The van der Waals surface area contributed by atoms with Gasteiger partial charge < -0.3 is 10.8 Å². The molecule has 3 N–H and O–H groups in total. The quantitative estimate of drug-likeness (QED) is 0.817. The molecule has 2 unspecified atom stereocenters. The van der Waals surface area contributed by atoms with Crippen LogP contribution in [0.3, 0.4) is 0 Å². The standard InChI is InChI=1S/C12H23N3O/c1-8-6-9(2)15(14-8)10(7-16)11(13)12(3,4)5/h6,10-11,16H,7,13H2,1-5H3. The van der Waals surface area contributed by atoms with Gasteiger partial charge in [0.05, 0.1) is 18.3 Å². The number of aromatic nitrogens is 2. The molecule has 1 heterocycles. The lowest BCUT2D eigenvalue weighted by atomic mass is 9.83. The maximum absolute atomic E-state index is 9.51. The molecule has 0 aromatic carbocycles. The third-order valence-electron chi connectivity index (χ3n) is 2.96. The summed E-state index contributed by atoms with van der Waals surface area (Å²) in [7, 11) is 0. The van der Waals surface area contributed by atoms with Gasteiger partial charge in [0.2, 0.25) is 0 Å². The van der Waals surface area contributed by atoms with E-state index in [1.165, 1.54) is 0 Å². The molecule has 0 saturated carbocycles. The molecule has 0 aliphatic heterocycles. The molecular formula is C12H23N3O. The van der Waals surface area contributed by atoms with Crippen LogP contribution in [0, 0.1) is 19.3 Å². The average Bonchev–Trinajstić information content (AvgIpc) is 2.45. The second kappa shape index (κ2) is 4.55. The predicted molar refractivity (Wildman–Crippen MR) is 65.3 cm³/mol. The number of rotatable bonds is 3. The first kappa shape index (κ1) is 13.2. The van der Waals surface area contributed by atoms with E-state index in [4.69, 9.17) is 5.73 Å². The summed E-state index contributed by atoms with van der Waals surface area (Å²) in [6.45, 7) is 10.2. The van der Waals surface area contributed by atoms with E-state index in [0.717, 1.165) is 11.4 Å². The van der Waals surface area contributed by atoms with Gasteiger partial charge in [0.1, 0.15) is 0 Å². The smallest absolute Gasteiger partial charge is 0.0908 e. The van der Waals surface area contributed by atoms with E-state index in [0.29, 0.717) is 0 Å². The van der Waals surface area contributed by atoms with Crippen LogP contribution in [-0.4, -0.2) is 27.5 Å². The summed E-state index contributed by atoms with van der Waals surface area (Å²) in [6.07, 6.45) is 0. The lowest BCUT2D eigenvalue weighted by molar-refractivity contribution is 0.144. The van der Waals surface area contributed by atoms with Crippen molar-refractivity contribution in [3.05, 3.63) is 17.5 Å². The number of nitrogens with two attached hydrogens (primary N) is 1. The Morgan fingerprint density at radius 2 is 2.00 bits per heavy atom. The van der Waals surface area contributed by atoms with E-state index >= 15 is 0 Å². The first-order valence-electron chi connectivity index (χ1n) is 5.66. The van der Waals surface area contributed by atoms with Gasteiger partial charge in [-0.3, -0.25) is 4.68 Å². The highest BCUT2D eigenvalue weighted by Gasteiger charge is 2.30. The van der Waals surface area contributed by atoms with Gasteiger partial charge in [0.25, 0.3) is 0 Å². The Kier molecular flexibility index (Phi) is 3.76. The maximum atomic E-state index is 9.51. The molecule has 0 bridgehead atoms. The van der Waals surface area contributed by atoms with Gasteiger partial charge in [-0.05, 0) is 25.3 Å². The van der Waals surface area contributed by atoms with Crippen molar-refractivity contribution >= 4 is 0 Å². The van der Waals surface area contributed by atoms with Gasteiger partial charge in [0.15, 0.2) is 0 Å². The molecule has 0 radical (unpaired) electrons. The highest BCUT2D eigenvalue weighted by molar-refractivity contribution is 5.09. The lowest BCUT2D eigenvalue weighted by Crippen LogP contribution is -2.45. The molecule has 2 atom stereocenters. The van der Waals surface area contributed by atoms with Crippen LogP contribution in [0.1, 0.15) is 38.2 Å². The van der Waals surface area contributed by atoms with Gasteiger partial charge in [-0.15, -0.1) is 0 Å². The fraction of sp³-hybridized carbons (Fsp3) is 0.750. The van der Waals surface area contributed by atoms with Crippen LogP contribution in [0.2, 0.25) is 0 Å². The van der Waals surface area contributed by atoms with Crippen LogP contribution in [0.5, 0.6) is 0 Å². The minimum absolute atomic E-state index is 0.0143. The van der Waals surface area contributed by atoms with Crippen LogP contribution >= 0.6 is 0 Å². The van der Waals surface area contributed by atoms with E-state index < -0.39 is 0 Å². The molecule has 4 nitrogen and oxygen atoms in total. The number of hydrogen-bond acceptors (Lipinski definition) is 3. The Labute approximate surface area is 97.5 Å². The Morgan fingerprint density at radius 1 is 1.44 bits per heavy atom. The van der Waals surface area contributed by atoms with E-state index in [2.05, 4.69) is 25.9 Å². The molecule has 0 saturated heterocycles. The van der Waals surface area contributed by atoms with Crippen molar-refractivity contribution in [2.75, 3.05) is 6.61 Å². The summed E-state index contributed by atoms with van der Waals surface area (Å²) < 4.78 is 1.84. The van der Waals surface area contributed by atoms with Crippen molar-refractivity contribution in [1.29, 1.82) is 0 Å². The van der Waals surface area contributed by atoms with Crippen molar-refractivity contribution in [3.63, 3.8) is 0 Å². The molecule has 0 spiro atoms. The number of aliphatic hydroxyl groups is 1. The predicted octanol–water partition coefficient (Wildman–Crippen LogP) is 1.41. The molecule has 0 amide bonds. The minimum Gasteiger partial charge on any atom is -0.394 e. The highest BCUT2D eigenvalue weighted by atomic mass is 16.3. The SMILES string of the molecule is Cc1cc(C)n(C(CO)C(N)C(C)(C)C)n1. The average molecular weight is 225 g/mol. The van der Waals surface area contributed by atoms with Crippen LogP contribution in [0.4, 0.5) is 0 Å². The molecule has 0 aliphatic rings. The molecule has 1 aromatic heterocycles. The van der Waals surface area contributed by atoms with Crippen molar-refractivity contribution in [2.24, 2.45) is 11.1 Å². The fourth-order valence-electron chi connectivity index (χ4n) is 1.90. The van der Waals surface area contributed by atoms with Crippen LogP contribution in [0.15, 0.2) is 6.07 Å².